The highest BCUT2D eigenvalue weighted by Crippen LogP contribution is 2.52. The Hall–Kier alpha value is -0.570. The molecule has 4 rings (SSSR count). The third-order valence-corrected chi connectivity index (χ3v) is 4.50. The number of piperidine rings is 1. The molecule has 15 heavy (non-hydrogen) atoms. The van der Waals surface area contributed by atoms with Crippen molar-refractivity contribution >= 4 is 11.6 Å². The average Bonchev–Trinajstić information content (AvgIpc) is 2.20. The van der Waals surface area contributed by atoms with E-state index in [1.54, 1.807) is 0 Å². The van der Waals surface area contributed by atoms with Crippen LogP contribution in [0.2, 0.25) is 5.02 Å². The van der Waals surface area contributed by atoms with Gasteiger partial charge in [0.2, 0.25) is 0 Å². The fraction of sp³-hybridized carbons (Fsp3) is 0.500. The Balaban J connectivity index is 1.82. The van der Waals surface area contributed by atoms with Crippen LogP contribution < -0.4 is 5.32 Å². The molecule has 2 aliphatic heterocycles. The molecule has 2 nitrogen and oxygen atoms in total. The highest BCUT2D eigenvalue weighted by Gasteiger charge is 2.58. The van der Waals surface area contributed by atoms with Crippen molar-refractivity contribution in [1.29, 1.82) is 0 Å². The largest absolute Gasteiger partial charge is 0.372 e. The zero-order valence-corrected chi connectivity index (χ0v) is 9.00. The minimum Gasteiger partial charge on any atom is -0.372 e. The Morgan fingerprint density at radius 3 is 3.13 bits per heavy atom. The summed E-state index contributed by atoms with van der Waals surface area (Å²) in [5, 5.41) is 4.34. The Bertz CT molecular complexity index is 434. The Labute approximate surface area is 93.6 Å². The Morgan fingerprint density at radius 2 is 2.33 bits per heavy atom. The van der Waals surface area contributed by atoms with Crippen LogP contribution >= 0.6 is 11.6 Å². The van der Waals surface area contributed by atoms with Gasteiger partial charge in [0, 0.05) is 29.4 Å². The summed E-state index contributed by atoms with van der Waals surface area (Å²) in [5.41, 5.74) is 2.61. The molecule has 1 saturated heterocycles. The lowest BCUT2D eigenvalue weighted by atomic mass is 9.58. The molecule has 0 bridgehead atoms. The number of ether oxygens (including phenoxy) is 1. The van der Waals surface area contributed by atoms with Crippen LogP contribution in [0.15, 0.2) is 18.2 Å². The maximum absolute atomic E-state index is 6.18. The molecule has 3 aliphatic rings. The van der Waals surface area contributed by atoms with Gasteiger partial charge in [-0.25, -0.2) is 0 Å². The van der Waals surface area contributed by atoms with Gasteiger partial charge >= 0.3 is 0 Å². The lowest BCUT2D eigenvalue weighted by molar-refractivity contribution is -0.143. The van der Waals surface area contributed by atoms with E-state index in [0.717, 1.165) is 17.5 Å². The van der Waals surface area contributed by atoms with Crippen LogP contribution in [0.1, 0.15) is 17.0 Å². The van der Waals surface area contributed by atoms with Gasteiger partial charge in [-0.15, -0.1) is 0 Å². The smallest absolute Gasteiger partial charge is 0.0738 e. The van der Waals surface area contributed by atoms with Crippen LogP contribution in [0.3, 0.4) is 0 Å². The van der Waals surface area contributed by atoms with E-state index in [2.05, 4.69) is 17.4 Å². The summed E-state index contributed by atoms with van der Waals surface area (Å²) in [7, 11) is 0. The predicted molar refractivity (Wildman–Crippen MR) is 58.1 cm³/mol. The summed E-state index contributed by atoms with van der Waals surface area (Å²) >= 11 is 6.18. The molecule has 1 aliphatic carbocycles. The molecule has 4 atom stereocenters. The first-order valence-electron chi connectivity index (χ1n) is 5.48. The number of hydrogen-bond acceptors (Lipinski definition) is 2. The number of fused-ring (bicyclic) bond motifs is 6. The molecule has 1 aromatic rings. The lowest BCUT2D eigenvalue weighted by Crippen LogP contribution is -2.73. The highest BCUT2D eigenvalue weighted by molar-refractivity contribution is 6.31. The van der Waals surface area contributed by atoms with Gasteiger partial charge < -0.3 is 10.1 Å². The van der Waals surface area contributed by atoms with Crippen LogP contribution in [0.25, 0.3) is 0 Å². The van der Waals surface area contributed by atoms with E-state index >= 15 is 0 Å². The Morgan fingerprint density at radius 1 is 1.40 bits per heavy atom. The molecule has 78 valence electrons. The Kier molecular flexibility index (Phi) is 1.58. The normalized spacial score (nSPS) is 40.6. The number of halogens is 1. The van der Waals surface area contributed by atoms with Crippen LogP contribution in [0.5, 0.6) is 0 Å². The first-order chi connectivity index (χ1) is 7.36. The quantitative estimate of drug-likeness (QED) is 0.723. The maximum atomic E-state index is 6.18. The molecule has 1 aromatic carbocycles. The zero-order chi connectivity index (χ0) is 9.99. The van der Waals surface area contributed by atoms with Gasteiger partial charge in [-0.2, -0.15) is 0 Å². The molecule has 4 unspecified atom stereocenters. The molecule has 1 N–H and O–H groups in total. The van der Waals surface area contributed by atoms with Crippen molar-refractivity contribution in [2.75, 3.05) is 6.54 Å². The van der Waals surface area contributed by atoms with Gasteiger partial charge in [0.15, 0.2) is 0 Å². The molecule has 0 amide bonds. The van der Waals surface area contributed by atoms with E-state index in [9.17, 15) is 0 Å². The molecule has 0 aromatic heterocycles. The second kappa shape index (κ2) is 2.76. The second-order valence-electron chi connectivity index (χ2n) is 4.71. The first-order valence-corrected chi connectivity index (χ1v) is 5.86. The standard InChI is InChI=1S/C12H12ClNO/c13-9-3-1-2-6-8(9)5-15-12-7-4-14-11(7)10(6)12/h1-3,7,10-12,14H,4-5H2. The van der Waals surface area contributed by atoms with E-state index in [0.29, 0.717) is 24.7 Å². The third-order valence-electron chi connectivity index (χ3n) is 4.15. The van der Waals surface area contributed by atoms with Crippen molar-refractivity contribution < 1.29 is 4.74 Å². The van der Waals surface area contributed by atoms with Crippen molar-refractivity contribution in [3.05, 3.63) is 34.3 Å². The topological polar surface area (TPSA) is 21.3 Å². The minimum absolute atomic E-state index is 0.446. The molecule has 2 heterocycles. The van der Waals surface area contributed by atoms with E-state index in [-0.39, 0.29) is 0 Å². The van der Waals surface area contributed by atoms with Crippen molar-refractivity contribution in [2.45, 2.75) is 24.7 Å². The van der Waals surface area contributed by atoms with Gasteiger partial charge in [-0.05, 0) is 17.2 Å². The van der Waals surface area contributed by atoms with Gasteiger partial charge in [-0.1, -0.05) is 23.7 Å². The minimum atomic E-state index is 0.446. The van der Waals surface area contributed by atoms with Crippen LogP contribution in [0.4, 0.5) is 0 Å². The van der Waals surface area contributed by atoms with Gasteiger partial charge in [0.05, 0.1) is 12.7 Å². The maximum Gasteiger partial charge on any atom is 0.0738 e. The lowest BCUT2D eigenvalue weighted by Gasteiger charge is -2.61. The average molecular weight is 222 g/mol. The van der Waals surface area contributed by atoms with Crippen molar-refractivity contribution in [2.24, 2.45) is 5.92 Å². The van der Waals surface area contributed by atoms with E-state index in [1.165, 1.54) is 11.1 Å². The number of nitrogens with one attached hydrogen (secondary N) is 1. The summed E-state index contributed by atoms with van der Waals surface area (Å²) < 4.78 is 5.89. The molecule has 1 saturated carbocycles. The molecule has 0 spiro atoms. The summed E-state index contributed by atoms with van der Waals surface area (Å²) in [5.74, 6) is 1.30. The van der Waals surface area contributed by atoms with Crippen molar-refractivity contribution in [3.63, 3.8) is 0 Å². The van der Waals surface area contributed by atoms with Crippen LogP contribution in [0, 0.1) is 5.92 Å². The monoisotopic (exact) mass is 221 g/mol. The molecule has 2 fully saturated rings. The summed E-state index contributed by atoms with van der Waals surface area (Å²) in [6, 6.07) is 6.86. The summed E-state index contributed by atoms with van der Waals surface area (Å²) in [6.45, 7) is 1.82. The number of rotatable bonds is 0. The highest BCUT2D eigenvalue weighted by atomic mass is 35.5. The van der Waals surface area contributed by atoms with Crippen LogP contribution in [-0.2, 0) is 11.3 Å². The zero-order valence-electron chi connectivity index (χ0n) is 8.24. The van der Waals surface area contributed by atoms with E-state index in [4.69, 9.17) is 16.3 Å². The molecule has 0 radical (unpaired) electrons. The summed E-state index contributed by atoms with van der Waals surface area (Å²) in [6.07, 6.45) is 0.446. The molecular weight excluding hydrogens is 210 g/mol. The van der Waals surface area contributed by atoms with Gasteiger partial charge in [-0.3, -0.25) is 0 Å². The van der Waals surface area contributed by atoms with Crippen LogP contribution in [-0.4, -0.2) is 18.7 Å². The molecular formula is C12H12ClNO. The fourth-order valence-electron chi connectivity index (χ4n) is 3.25. The number of benzene rings is 1. The van der Waals surface area contributed by atoms with E-state index < -0.39 is 0 Å². The number of hydrogen-bond donors (Lipinski definition) is 1. The van der Waals surface area contributed by atoms with Gasteiger partial charge in [0.1, 0.15) is 0 Å². The SMILES string of the molecule is Clc1cccc2c1COC1C3CNC3C21. The first kappa shape index (κ1) is 8.57. The van der Waals surface area contributed by atoms with E-state index in [1.807, 2.05) is 6.07 Å². The second-order valence-corrected chi connectivity index (χ2v) is 5.11. The van der Waals surface area contributed by atoms with Gasteiger partial charge in [0.25, 0.3) is 0 Å². The predicted octanol–water partition coefficient (Wildman–Crippen LogP) is 1.92. The van der Waals surface area contributed by atoms with Crippen molar-refractivity contribution in [1.82, 2.24) is 5.32 Å². The third kappa shape index (κ3) is 0.930. The summed E-state index contributed by atoms with van der Waals surface area (Å²) in [4.78, 5) is 0. The molecule has 3 heteroatoms. The van der Waals surface area contributed by atoms with Crippen molar-refractivity contribution in [3.8, 4) is 0 Å². The fourth-order valence-corrected chi connectivity index (χ4v) is 3.48.